The van der Waals surface area contributed by atoms with Crippen LogP contribution >= 0.6 is 0 Å². The topological polar surface area (TPSA) is 124 Å². The van der Waals surface area contributed by atoms with Crippen LogP contribution in [0.5, 0.6) is 11.5 Å². The maximum Gasteiger partial charge on any atom is 0.417 e. The molecule has 2 aromatic heterocycles. The Bertz CT molecular complexity index is 2740. The minimum absolute atomic E-state index is 0.00451. The fourth-order valence-electron chi connectivity index (χ4n) is 9.68. The molecule has 4 atom stereocenters. The van der Waals surface area contributed by atoms with E-state index in [4.69, 9.17) is 20.6 Å². The van der Waals surface area contributed by atoms with Crippen molar-refractivity contribution in [2.24, 2.45) is 11.8 Å². The highest BCUT2D eigenvalue weighted by molar-refractivity contribution is 6.09. The van der Waals surface area contributed by atoms with E-state index in [9.17, 15) is 27.6 Å². The molecule has 5 aromatic rings. The number of benzene rings is 3. The summed E-state index contributed by atoms with van der Waals surface area (Å²) in [6.07, 6.45) is 11.9. The fourth-order valence-corrected chi connectivity index (χ4v) is 9.68. The molecule has 2 aliphatic rings. The summed E-state index contributed by atoms with van der Waals surface area (Å²) in [7, 11) is 0. The Kier molecular flexibility index (Phi) is 16.7. The molecule has 0 N–H and O–H groups in total. The number of aryl methyl sites for hydroxylation is 1. The predicted octanol–water partition coefficient (Wildman–Crippen LogP) is 10.7. The van der Waals surface area contributed by atoms with E-state index in [2.05, 4.69) is 48.6 Å². The molecule has 3 aromatic carbocycles. The largest absolute Gasteiger partial charge is 0.494 e. The molecule has 7 rings (SSSR count). The highest BCUT2D eigenvalue weighted by atomic mass is 19.4. The van der Waals surface area contributed by atoms with Crippen molar-refractivity contribution >= 4 is 29.0 Å². The molecular formula is C56H66F3N7O6. The van der Waals surface area contributed by atoms with Gasteiger partial charge < -0.3 is 28.6 Å². The monoisotopic (exact) mass is 990 g/mol. The van der Waals surface area contributed by atoms with Crippen LogP contribution in [-0.2, 0) is 25.3 Å². The van der Waals surface area contributed by atoms with Gasteiger partial charge >= 0.3 is 6.18 Å². The quantitative estimate of drug-likeness (QED) is 0.0492. The van der Waals surface area contributed by atoms with E-state index < -0.39 is 35.3 Å². The summed E-state index contributed by atoms with van der Waals surface area (Å²) in [5.41, 5.74) is 0.308. The van der Waals surface area contributed by atoms with Crippen LogP contribution in [0, 0.1) is 31.1 Å². The van der Waals surface area contributed by atoms with Gasteiger partial charge in [0.25, 0.3) is 5.91 Å². The fraction of sp³-hybridized carbons (Fsp3) is 0.446. The number of halogens is 3. The number of ketones is 1. The van der Waals surface area contributed by atoms with Crippen molar-refractivity contribution in [3.05, 3.63) is 126 Å². The first-order chi connectivity index (χ1) is 34.3. The summed E-state index contributed by atoms with van der Waals surface area (Å²) >= 11 is 0. The minimum Gasteiger partial charge on any atom is -0.494 e. The molecule has 0 spiro atoms. The van der Waals surface area contributed by atoms with Crippen molar-refractivity contribution in [1.29, 1.82) is 0 Å². The summed E-state index contributed by atoms with van der Waals surface area (Å²) in [5.74, 6) is 4.06. The van der Waals surface area contributed by atoms with Crippen LogP contribution in [0.15, 0.2) is 104 Å². The Labute approximate surface area is 420 Å². The van der Waals surface area contributed by atoms with Crippen molar-refractivity contribution in [3.63, 3.8) is 0 Å². The number of carbonyl (C=O) groups excluding carboxylic acids is 3. The van der Waals surface area contributed by atoms with Gasteiger partial charge in [-0.2, -0.15) is 18.3 Å². The van der Waals surface area contributed by atoms with Crippen LogP contribution in [0.1, 0.15) is 115 Å². The number of unbranched alkanes of at least 4 members (excludes halogenated alkanes) is 2. The Morgan fingerprint density at radius 2 is 1.56 bits per heavy atom. The molecule has 72 heavy (non-hydrogen) atoms. The number of hydrogen-bond acceptors (Lipinski definition) is 9. The first-order valence-electron chi connectivity index (χ1n) is 24.7. The molecule has 2 fully saturated rings. The summed E-state index contributed by atoms with van der Waals surface area (Å²) in [6.45, 7) is 20.1. The number of nitrogens with zero attached hydrogens (tertiary/aromatic N) is 7. The molecular weight excluding hydrogens is 924 g/mol. The summed E-state index contributed by atoms with van der Waals surface area (Å²) in [5, 5.41) is 4.54. The Morgan fingerprint density at radius 3 is 2.22 bits per heavy atom. The second kappa shape index (κ2) is 22.7. The molecule has 13 nitrogen and oxygen atoms in total. The SMILES string of the molecule is C#Cc1ccc(N2C(=C)N(c3ccc(OCCCCCOCCCOc4cnn([C@H](C(=O)N5C[C@H](C)C[C@H]5C(=O)C[C@@H](C)c5ccc(-n6ccnc6C)cc5)C(C)C)c4)cc3)C(C)(C)C2=O)cc1C(F)(F)F. The van der Waals surface area contributed by atoms with Crippen molar-refractivity contribution in [1.82, 2.24) is 24.2 Å². The first kappa shape index (κ1) is 53.0. The van der Waals surface area contributed by atoms with Gasteiger partial charge in [-0.3, -0.25) is 24.0 Å². The van der Waals surface area contributed by atoms with Crippen LogP contribution in [-0.4, -0.2) is 86.4 Å². The maximum atomic E-state index is 14.3. The third-order valence-corrected chi connectivity index (χ3v) is 13.5. The number of likely N-dealkylation sites (tertiary alicyclic amines) is 1. The average Bonchev–Trinajstić information content (AvgIpc) is 4.13. The molecule has 2 amide bonds. The lowest BCUT2D eigenvalue weighted by Crippen LogP contribution is -2.45. The van der Waals surface area contributed by atoms with Crippen molar-refractivity contribution in [3.8, 4) is 29.5 Å². The van der Waals surface area contributed by atoms with Crippen molar-refractivity contribution < 1.29 is 41.8 Å². The van der Waals surface area contributed by atoms with E-state index in [1.54, 1.807) is 71.2 Å². The van der Waals surface area contributed by atoms with E-state index in [1.807, 2.05) is 43.7 Å². The zero-order valence-electron chi connectivity index (χ0n) is 42.3. The number of rotatable bonds is 22. The third-order valence-electron chi connectivity index (χ3n) is 13.5. The smallest absolute Gasteiger partial charge is 0.417 e. The number of imidazole rings is 1. The first-order valence-corrected chi connectivity index (χ1v) is 24.7. The standard InChI is InChI=1S/C56H66F3N7O6/c1-10-42-15-20-46(33-49(42)56(57,58)59)65-41(7)66(55(8,9)54(65)69)45-21-23-47(24-22-45)71-29-13-11-12-27-70-28-14-30-72-48-34-61-64(36-48)52(37(2)3)53(68)63-35-38(4)31-50(63)51(67)32-39(5)43-16-18-44(19-17-43)62-26-25-60-40(62)6/h1,15-26,33-34,36-39,50,52H,7,11-14,27-32,35H2,2-6,8-9H3/t38-,39-,50+,52+/m1/s1. The molecule has 2 saturated heterocycles. The number of aromatic nitrogens is 4. The Morgan fingerprint density at radius 1 is 0.903 bits per heavy atom. The van der Waals surface area contributed by atoms with Crippen LogP contribution < -0.4 is 19.3 Å². The van der Waals surface area contributed by atoms with Gasteiger partial charge in [-0.05, 0) is 124 Å². The predicted molar refractivity (Wildman–Crippen MR) is 271 cm³/mol. The number of ether oxygens (including phenoxy) is 3. The minimum atomic E-state index is -4.69. The van der Waals surface area contributed by atoms with Crippen LogP contribution in [0.2, 0.25) is 0 Å². The Hall–Kier alpha value is -6.86. The zero-order valence-corrected chi connectivity index (χ0v) is 42.3. The Balaban J connectivity index is 0.796. The molecule has 0 saturated carbocycles. The summed E-state index contributed by atoms with van der Waals surface area (Å²) < 4.78 is 62.9. The highest BCUT2D eigenvalue weighted by Gasteiger charge is 2.50. The lowest BCUT2D eigenvalue weighted by atomic mass is 9.91. The number of alkyl halides is 3. The lowest BCUT2D eigenvalue weighted by Gasteiger charge is -2.30. The number of terminal acetylenes is 1. The highest BCUT2D eigenvalue weighted by Crippen LogP contribution is 2.43. The van der Waals surface area contributed by atoms with Crippen molar-refractivity contribution in [2.45, 2.75) is 117 Å². The zero-order chi connectivity index (χ0) is 51.9. The van der Waals surface area contributed by atoms with Gasteiger partial charge in [0.2, 0.25) is 5.91 Å². The molecule has 382 valence electrons. The average molecular weight is 990 g/mol. The van der Waals surface area contributed by atoms with Crippen LogP contribution in [0.4, 0.5) is 24.5 Å². The van der Waals surface area contributed by atoms with Gasteiger partial charge in [0, 0.05) is 61.9 Å². The number of amides is 2. The van der Waals surface area contributed by atoms with Gasteiger partial charge in [-0.25, -0.2) is 4.98 Å². The summed E-state index contributed by atoms with van der Waals surface area (Å²) in [4.78, 5) is 50.7. The van der Waals surface area contributed by atoms with E-state index in [1.165, 1.54) is 17.0 Å². The number of anilines is 2. The number of hydrogen-bond donors (Lipinski definition) is 0. The molecule has 2 aliphatic heterocycles. The molecule has 0 aliphatic carbocycles. The van der Waals surface area contributed by atoms with E-state index >= 15 is 0 Å². The molecule has 16 heteroatoms. The van der Waals surface area contributed by atoms with E-state index in [-0.39, 0.29) is 46.5 Å². The molecule has 0 radical (unpaired) electrons. The van der Waals surface area contributed by atoms with Crippen LogP contribution in [0.3, 0.4) is 0 Å². The second-order valence-corrected chi connectivity index (χ2v) is 19.7. The normalized spacial score (nSPS) is 17.7. The van der Waals surface area contributed by atoms with Crippen LogP contribution in [0.25, 0.3) is 5.69 Å². The van der Waals surface area contributed by atoms with E-state index in [0.29, 0.717) is 69.4 Å². The third kappa shape index (κ3) is 11.9. The van der Waals surface area contributed by atoms with Gasteiger partial charge in [-0.1, -0.05) is 52.3 Å². The molecule has 4 heterocycles. The lowest BCUT2D eigenvalue weighted by molar-refractivity contribution is -0.141. The molecule has 0 bridgehead atoms. The second-order valence-electron chi connectivity index (χ2n) is 19.7. The van der Waals surface area contributed by atoms with Gasteiger partial charge in [0.15, 0.2) is 11.5 Å². The van der Waals surface area contributed by atoms with Gasteiger partial charge in [0.1, 0.15) is 29.0 Å². The van der Waals surface area contributed by atoms with Crippen molar-refractivity contribution in [2.75, 3.05) is 42.8 Å². The number of Topliss-reactive ketones (excluding diaryl/α,β-unsaturated/α-hetero) is 1. The molecule has 0 unspecified atom stereocenters. The summed E-state index contributed by atoms with van der Waals surface area (Å²) in [6, 6.07) is 17.8. The maximum absolute atomic E-state index is 14.3. The number of carbonyl (C=O) groups is 3. The van der Waals surface area contributed by atoms with Gasteiger partial charge in [0.05, 0.1) is 42.9 Å². The van der Waals surface area contributed by atoms with E-state index in [0.717, 1.165) is 42.4 Å². The van der Waals surface area contributed by atoms with Gasteiger partial charge in [-0.15, -0.1) is 6.42 Å².